The Kier molecular flexibility index (Phi) is 3.66. The Hall–Kier alpha value is -0.440. The second-order valence-electron chi connectivity index (χ2n) is 2.16. The van der Waals surface area contributed by atoms with Crippen LogP contribution in [0.4, 0.5) is 0 Å². The van der Waals surface area contributed by atoms with Crippen LogP contribution in [0.1, 0.15) is 0 Å². The van der Waals surface area contributed by atoms with E-state index in [0.29, 0.717) is 15.8 Å². The molecule has 0 radical (unpaired) electrons. The first-order valence-electron chi connectivity index (χ1n) is 3.30. The Bertz CT molecular complexity index is 243. The van der Waals surface area contributed by atoms with Gasteiger partial charge in [-0.05, 0) is 18.2 Å². The van der Waals surface area contributed by atoms with E-state index in [2.05, 4.69) is 0 Å². The summed E-state index contributed by atoms with van der Waals surface area (Å²) in [5.74, 6) is 0.606. The summed E-state index contributed by atoms with van der Waals surface area (Å²) in [5.41, 5.74) is 0. The standard InChI is InChI=1S/C8H8Cl2O2/c1-11-5-12-8-3-6(9)2-7(10)4-8/h2-4H,5H2,1H3. The summed E-state index contributed by atoms with van der Waals surface area (Å²) in [7, 11) is 1.55. The van der Waals surface area contributed by atoms with E-state index >= 15 is 0 Å². The van der Waals surface area contributed by atoms with Gasteiger partial charge < -0.3 is 9.47 Å². The van der Waals surface area contributed by atoms with Crippen LogP contribution in [0.15, 0.2) is 18.2 Å². The summed E-state index contributed by atoms with van der Waals surface area (Å²) in [4.78, 5) is 0. The van der Waals surface area contributed by atoms with E-state index in [1.807, 2.05) is 0 Å². The zero-order chi connectivity index (χ0) is 8.97. The van der Waals surface area contributed by atoms with Crippen LogP contribution < -0.4 is 4.74 Å². The van der Waals surface area contributed by atoms with Gasteiger partial charge in [-0.2, -0.15) is 0 Å². The Labute approximate surface area is 81.0 Å². The molecule has 0 bridgehead atoms. The highest BCUT2D eigenvalue weighted by atomic mass is 35.5. The molecule has 0 unspecified atom stereocenters. The summed E-state index contributed by atoms with van der Waals surface area (Å²) < 4.78 is 9.84. The third-order valence-electron chi connectivity index (χ3n) is 1.18. The lowest BCUT2D eigenvalue weighted by atomic mass is 10.3. The first kappa shape index (κ1) is 9.65. The normalized spacial score (nSPS) is 9.92. The minimum absolute atomic E-state index is 0.191. The molecule has 2 nitrogen and oxygen atoms in total. The molecule has 1 rings (SSSR count). The zero-order valence-electron chi connectivity index (χ0n) is 6.51. The lowest BCUT2D eigenvalue weighted by molar-refractivity contribution is 0.0511. The van der Waals surface area contributed by atoms with Crippen molar-refractivity contribution in [1.29, 1.82) is 0 Å². The van der Waals surface area contributed by atoms with Gasteiger partial charge in [-0.3, -0.25) is 0 Å². The lowest BCUT2D eigenvalue weighted by Crippen LogP contribution is -1.98. The smallest absolute Gasteiger partial charge is 0.188 e. The van der Waals surface area contributed by atoms with E-state index in [9.17, 15) is 0 Å². The monoisotopic (exact) mass is 206 g/mol. The van der Waals surface area contributed by atoms with Gasteiger partial charge in [0.2, 0.25) is 0 Å². The molecule has 1 aromatic rings. The molecular formula is C8H8Cl2O2. The van der Waals surface area contributed by atoms with E-state index < -0.39 is 0 Å². The first-order chi connectivity index (χ1) is 5.72. The fraction of sp³-hybridized carbons (Fsp3) is 0.250. The number of rotatable bonds is 3. The molecule has 0 heterocycles. The van der Waals surface area contributed by atoms with Gasteiger partial charge in [0.15, 0.2) is 6.79 Å². The van der Waals surface area contributed by atoms with Crippen LogP contribution in [0.25, 0.3) is 0 Å². The summed E-state index contributed by atoms with van der Waals surface area (Å²) in [5, 5.41) is 1.10. The second kappa shape index (κ2) is 4.55. The molecule has 0 spiro atoms. The van der Waals surface area contributed by atoms with E-state index in [0.717, 1.165) is 0 Å². The molecule has 0 saturated heterocycles. The van der Waals surface area contributed by atoms with Crippen molar-refractivity contribution >= 4 is 23.2 Å². The molecule has 0 aromatic heterocycles. The quantitative estimate of drug-likeness (QED) is 0.709. The highest BCUT2D eigenvalue weighted by Crippen LogP contribution is 2.23. The predicted molar refractivity (Wildman–Crippen MR) is 49.0 cm³/mol. The van der Waals surface area contributed by atoms with Crippen molar-refractivity contribution in [1.82, 2.24) is 0 Å². The largest absolute Gasteiger partial charge is 0.467 e. The van der Waals surface area contributed by atoms with Crippen molar-refractivity contribution in [3.8, 4) is 5.75 Å². The SMILES string of the molecule is COCOc1cc(Cl)cc(Cl)c1. The van der Waals surface area contributed by atoms with Gasteiger partial charge in [0.1, 0.15) is 5.75 Å². The number of methoxy groups -OCH3 is 1. The summed E-state index contributed by atoms with van der Waals surface area (Å²) in [6, 6.07) is 4.99. The fourth-order valence-corrected chi connectivity index (χ4v) is 1.24. The number of ether oxygens (including phenoxy) is 2. The number of benzene rings is 1. The Balaban J connectivity index is 2.72. The predicted octanol–water partition coefficient (Wildman–Crippen LogP) is 2.98. The molecule has 0 saturated carbocycles. The third-order valence-corrected chi connectivity index (χ3v) is 1.62. The molecule has 4 heteroatoms. The fourth-order valence-electron chi connectivity index (χ4n) is 0.739. The van der Waals surface area contributed by atoms with E-state index in [4.69, 9.17) is 32.7 Å². The number of hydrogen-bond acceptors (Lipinski definition) is 2. The zero-order valence-corrected chi connectivity index (χ0v) is 8.02. The van der Waals surface area contributed by atoms with Gasteiger partial charge in [-0.1, -0.05) is 23.2 Å². The van der Waals surface area contributed by atoms with Crippen LogP contribution >= 0.6 is 23.2 Å². The first-order valence-corrected chi connectivity index (χ1v) is 4.06. The van der Waals surface area contributed by atoms with Gasteiger partial charge in [-0.15, -0.1) is 0 Å². The summed E-state index contributed by atoms with van der Waals surface area (Å²) in [6.45, 7) is 0.191. The van der Waals surface area contributed by atoms with Crippen molar-refractivity contribution in [2.75, 3.05) is 13.9 Å². The van der Waals surface area contributed by atoms with Crippen molar-refractivity contribution in [2.24, 2.45) is 0 Å². The van der Waals surface area contributed by atoms with Crippen molar-refractivity contribution in [3.63, 3.8) is 0 Å². The Morgan fingerprint density at radius 1 is 1.17 bits per heavy atom. The van der Waals surface area contributed by atoms with E-state index in [1.165, 1.54) is 0 Å². The third kappa shape index (κ3) is 2.89. The van der Waals surface area contributed by atoms with Crippen LogP contribution in [0, 0.1) is 0 Å². The molecule has 1 aromatic carbocycles. The molecule has 0 N–H and O–H groups in total. The molecular weight excluding hydrogens is 199 g/mol. The van der Waals surface area contributed by atoms with E-state index in [-0.39, 0.29) is 6.79 Å². The molecule has 66 valence electrons. The lowest BCUT2D eigenvalue weighted by Gasteiger charge is -2.04. The van der Waals surface area contributed by atoms with Crippen molar-refractivity contribution in [3.05, 3.63) is 28.2 Å². The molecule has 0 aliphatic heterocycles. The molecule has 12 heavy (non-hydrogen) atoms. The van der Waals surface area contributed by atoms with Crippen LogP contribution in [0.2, 0.25) is 10.0 Å². The van der Waals surface area contributed by atoms with Crippen LogP contribution in [-0.2, 0) is 4.74 Å². The average molecular weight is 207 g/mol. The summed E-state index contributed by atoms with van der Waals surface area (Å²) >= 11 is 11.4. The van der Waals surface area contributed by atoms with Gasteiger partial charge in [0.25, 0.3) is 0 Å². The van der Waals surface area contributed by atoms with Crippen molar-refractivity contribution < 1.29 is 9.47 Å². The highest BCUT2D eigenvalue weighted by molar-refractivity contribution is 6.34. The van der Waals surface area contributed by atoms with Gasteiger partial charge in [-0.25, -0.2) is 0 Å². The summed E-state index contributed by atoms with van der Waals surface area (Å²) in [6.07, 6.45) is 0. The van der Waals surface area contributed by atoms with Crippen molar-refractivity contribution in [2.45, 2.75) is 0 Å². The van der Waals surface area contributed by atoms with E-state index in [1.54, 1.807) is 25.3 Å². The minimum atomic E-state index is 0.191. The maximum Gasteiger partial charge on any atom is 0.188 e. The Morgan fingerprint density at radius 3 is 2.25 bits per heavy atom. The van der Waals surface area contributed by atoms with Gasteiger partial charge in [0.05, 0.1) is 0 Å². The van der Waals surface area contributed by atoms with Crippen LogP contribution in [0.3, 0.4) is 0 Å². The van der Waals surface area contributed by atoms with Crippen LogP contribution in [-0.4, -0.2) is 13.9 Å². The highest BCUT2D eigenvalue weighted by Gasteiger charge is 1.97. The maximum absolute atomic E-state index is 5.72. The molecule has 0 atom stereocenters. The molecule has 0 aliphatic rings. The Morgan fingerprint density at radius 2 is 1.75 bits per heavy atom. The number of hydrogen-bond donors (Lipinski definition) is 0. The topological polar surface area (TPSA) is 18.5 Å². The minimum Gasteiger partial charge on any atom is -0.467 e. The van der Waals surface area contributed by atoms with Gasteiger partial charge in [0, 0.05) is 17.2 Å². The average Bonchev–Trinajstić information content (AvgIpc) is 1.99. The second-order valence-corrected chi connectivity index (χ2v) is 3.03. The van der Waals surface area contributed by atoms with Gasteiger partial charge >= 0.3 is 0 Å². The van der Waals surface area contributed by atoms with Crippen LogP contribution in [0.5, 0.6) is 5.75 Å². The number of halogens is 2. The molecule has 0 aliphatic carbocycles. The molecule has 0 fully saturated rings. The maximum atomic E-state index is 5.72. The molecule has 0 amide bonds.